The standard InChI is InChI=1S/C15H15N3O3S/c19-13(7-12-14(20)18-15(21)22-12)16-6-5-9-8-17-11-4-2-1-3-10(9)11/h1-4,8,12,17H,5-7H2,(H,16,19)(H,18,20,21). The van der Waals surface area contributed by atoms with E-state index in [1.54, 1.807) is 0 Å². The van der Waals surface area contributed by atoms with Gasteiger partial charge < -0.3 is 10.3 Å². The summed E-state index contributed by atoms with van der Waals surface area (Å²) in [6, 6.07) is 7.99. The average molecular weight is 317 g/mol. The molecule has 1 aliphatic heterocycles. The van der Waals surface area contributed by atoms with Crippen molar-refractivity contribution in [3.8, 4) is 0 Å². The van der Waals surface area contributed by atoms with E-state index in [1.807, 2.05) is 30.5 Å². The summed E-state index contributed by atoms with van der Waals surface area (Å²) in [6.45, 7) is 0.494. The molecule has 0 saturated carbocycles. The van der Waals surface area contributed by atoms with Gasteiger partial charge in [-0.1, -0.05) is 30.0 Å². The highest BCUT2D eigenvalue weighted by atomic mass is 32.2. The summed E-state index contributed by atoms with van der Waals surface area (Å²) < 4.78 is 0. The third-order valence-electron chi connectivity index (χ3n) is 3.53. The number of H-pyrrole nitrogens is 1. The Bertz CT molecular complexity index is 740. The highest BCUT2D eigenvalue weighted by Gasteiger charge is 2.33. The normalized spacial score (nSPS) is 17.7. The summed E-state index contributed by atoms with van der Waals surface area (Å²) in [4.78, 5) is 37.4. The number of aromatic nitrogens is 1. The van der Waals surface area contributed by atoms with E-state index in [9.17, 15) is 14.4 Å². The topological polar surface area (TPSA) is 91.1 Å². The van der Waals surface area contributed by atoms with Gasteiger partial charge in [0.15, 0.2) is 0 Å². The molecule has 1 aromatic heterocycles. The molecule has 2 aromatic rings. The molecule has 6 nitrogen and oxygen atoms in total. The molecule has 22 heavy (non-hydrogen) atoms. The fourth-order valence-electron chi connectivity index (χ4n) is 2.44. The van der Waals surface area contributed by atoms with Gasteiger partial charge in [-0.2, -0.15) is 0 Å². The van der Waals surface area contributed by atoms with Crippen molar-refractivity contribution in [2.75, 3.05) is 6.54 Å². The van der Waals surface area contributed by atoms with Crippen molar-refractivity contribution in [2.45, 2.75) is 18.1 Å². The highest BCUT2D eigenvalue weighted by Crippen LogP contribution is 2.21. The first-order chi connectivity index (χ1) is 10.6. The van der Waals surface area contributed by atoms with Crippen molar-refractivity contribution in [1.29, 1.82) is 0 Å². The fourth-order valence-corrected chi connectivity index (χ4v) is 3.26. The molecule has 7 heteroatoms. The van der Waals surface area contributed by atoms with E-state index in [1.165, 1.54) is 0 Å². The monoisotopic (exact) mass is 317 g/mol. The van der Waals surface area contributed by atoms with Crippen LogP contribution in [0.5, 0.6) is 0 Å². The Labute approximate surface area is 131 Å². The number of imide groups is 1. The van der Waals surface area contributed by atoms with Crippen LogP contribution in [-0.2, 0) is 16.0 Å². The molecule has 1 aromatic carbocycles. The molecule has 2 heterocycles. The van der Waals surface area contributed by atoms with Gasteiger partial charge in [-0.25, -0.2) is 0 Å². The van der Waals surface area contributed by atoms with E-state index < -0.39 is 5.25 Å². The molecular formula is C15H15N3O3S. The molecule has 114 valence electrons. The van der Waals surface area contributed by atoms with E-state index in [-0.39, 0.29) is 23.5 Å². The van der Waals surface area contributed by atoms with Gasteiger partial charge in [0.1, 0.15) is 5.25 Å². The van der Waals surface area contributed by atoms with Gasteiger partial charge in [0.2, 0.25) is 11.8 Å². The van der Waals surface area contributed by atoms with Gasteiger partial charge in [0, 0.05) is 30.1 Å². The minimum absolute atomic E-state index is 0.0239. The van der Waals surface area contributed by atoms with Gasteiger partial charge in [-0.05, 0) is 18.1 Å². The van der Waals surface area contributed by atoms with Crippen LogP contribution in [0.4, 0.5) is 4.79 Å². The van der Waals surface area contributed by atoms with Crippen molar-refractivity contribution in [1.82, 2.24) is 15.6 Å². The molecule has 3 N–H and O–H groups in total. The maximum Gasteiger partial charge on any atom is 0.286 e. The fraction of sp³-hybridized carbons (Fsp3) is 0.267. The van der Waals surface area contributed by atoms with Gasteiger partial charge in [0.05, 0.1) is 0 Å². The number of hydrogen-bond donors (Lipinski definition) is 3. The van der Waals surface area contributed by atoms with Gasteiger partial charge in [-0.15, -0.1) is 0 Å². The minimum atomic E-state index is -0.611. The molecule has 0 radical (unpaired) electrons. The van der Waals surface area contributed by atoms with E-state index in [2.05, 4.69) is 15.6 Å². The van der Waals surface area contributed by atoms with Crippen LogP contribution >= 0.6 is 11.8 Å². The number of amides is 3. The second-order valence-electron chi connectivity index (χ2n) is 5.05. The van der Waals surface area contributed by atoms with Crippen LogP contribution in [-0.4, -0.2) is 33.8 Å². The minimum Gasteiger partial charge on any atom is -0.361 e. The predicted molar refractivity (Wildman–Crippen MR) is 84.5 cm³/mol. The van der Waals surface area contributed by atoms with Crippen molar-refractivity contribution in [2.24, 2.45) is 0 Å². The first-order valence-electron chi connectivity index (χ1n) is 6.96. The quantitative estimate of drug-likeness (QED) is 0.780. The number of para-hydroxylation sites is 1. The zero-order valence-corrected chi connectivity index (χ0v) is 12.5. The van der Waals surface area contributed by atoms with Gasteiger partial charge >= 0.3 is 0 Å². The Morgan fingerprint density at radius 2 is 2.09 bits per heavy atom. The van der Waals surface area contributed by atoms with Crippen molar-refractivity contribution >= 4 is 39.7 Å². The van der Waals surface area contributed by atoms with E-state index in [0.717, 1.165) is 28.2 Å². The third kappa shape index (κ3) is 3.14. The maximum absolute atomic E-state index is 11.8. The third-order valence-corrected chi connectivity index (χ3v) is 4.51. The molecule has 3 amide bonds. The van der Waals surface area contributed by atoms with Crippen LogP contribution in [0.2, 0.25) is 0 Å². The summed E-state index contributed by atoms with van der Waals surface area (Å²) in [5.74, 6) is -0.607. The molecular weight excluding hydrogens is 302 g/mol. The smallest absolute Gasteiger partial charge is 0.286 e. The number of hydrogen-bond acceptors (Lipinski definition) is 4. The Hall–Kier alpha value is -2.28. The summed E-state index contributed by atoms with van der Waals surface area (Å²) in [5.41, 5.74) is 2.21. The van der Waals surface area contributed by atoms with Crippen molar-refractivity contribution in [3.05, 3.63) is 36.0 Å². The predicted octanol–water partition coefficient (Wildman–Crippen LogP) is 1.57. The molecule has 1 fully saturated rings. The second-order valence-corrected chi connectivity index (χ2v) is 6.22. The first kappa shape index (κ1) is 14.6. The molecule has 1 unspecified atom stereocenters. The van der Waals surface area contributed by atoms with Crippen LogP contribution in [0.1, 0.15) is 12.0 Å². The molecule has 0 aliphatic carbocycles. The van der Waals surface area contributed by atoms with Crippen LogP contribution in [0.15, 0.2) is 30.5 Å². The number of nitrogens with one attached hydrogen (secondary N) is 3. The largest absolute Gasteiger partial charge is 0.361 e. The number of thioether (sulfide) groups is 1. The van der Waals surface area contributed by atoms with E-state index in [0.29, 0.717) is 13.0 Å². The zero-order chi connectivity index (χ0) is 15.5. The number of aromatic amines is 1. The number of benzene rings is 1. The van der Waals surface area contributed by atoms with Gasteiger partial charge in [0.25, 0.3) is 5.24 Å². The first-order valence-corrected chi connectivity index (χ1v) is 7.84. The molecule has 3 rings (SSSR count). The molecule has 1 saturated heterocycles. The lowest BCUT2D eigenvalue weighted by Crippen LogP contribution is -2.32. The van der Waals surface area contributed by atoms with Crippen LogP contribution < -0.4 is 10.6 Å². The second kappa shape index (κ2) is 6.23. The Kier molecular flexibility index (Phi) is 4.15. The lowest BCUT2D eigenvalue weighted by Gasteiger charge is -2.07. The van der Waals surface area contributed by atoms with Gasteiger partial charge in [-0.3, -0.25) is 19.7 Å². The average Bonchev–Trinajstić information content (AvgIpc) is 3.03. The zero-order valence-electron chi connectivity index (χ0n) is 11.7. The Morgan fingerprint density at radius 1 is 1.27 bits per heavy atom. The molecule has 0 bridgehead atoms. The molecule has 1 aliphatic rings. The van der Waals surface area contributed by atoms with Crippen LogP contribution in [0.25, 0.3) is 10.9 Å². The number of fused-ring (bicyclic) bond motifs is 1. The summed E-state index contributed by atoms with van der Waals surface area (Å²) in [5, 5.41) is 5.11. The number of rotatable bonds is 5. The number of carbonyl (C=O) groups excluding carboxylic acids is 3. The summed E-state index contributed by atoms with van der Waals surface area (Å²) in [6.07, 6.45) is 2.67. The summed E-state index contributed by atoms with van der Waals surface area (Å²) >= 11 is 0.870. The Balaban J connectivity index is 1.49. The SMILES string of the molecule is O=C(CC1SC(=O)NC1=O)NCCc1c[nH]c2ccccc12. The highest BCUT2D eigenvalue weighted by molar-refractivity contribution is 8.15. The van der Waals surface area contributed by atoms with E-state index in [4.69, 9.17) is 0 Å². The van der Waals surface area contributed by atoms with Crippen LogP contribution in [0, 0.1) is 0 Å². The van der Waals surface area contributed by atoms with Crippen molar-refractivity contribution < 1.29 is 14.4 Å². The number of carbonyl (C=O) groups is 3. The molecule has 1 atom stereocenters. The molecule has 0 spiro atoms. The lowest BCUT2D eigenvalue weighted by molar-refractivity contribution is -0.125. The Morgan fingerprint density at radius 3 is 2.86 bits per heavy atom. The lowest BCUT2D eigenvalue weighted by atomic mass is 10.1. The van der Waals surface area contributed by atoms with Crippen LogP contribution in [0.3, 0.4) is 0 Å². The maximum atomic E-state index is 11.8. The summed E-state index contributed by atoms with van der Waals surface area (Å²) in [7, 11) is 0. The van der Waals surface area contributed by atoms with E-state index >= 15 is 0 Å². The van der Waals surface area contributed by atoms with Crippen molar-refractivity contribution in [3.63, 3.8) is 0 Å².